The molecule has 0 aliphatic carbocycles. The van der Waals surface area contributed by atoms with E-state index in [1.807, 2.05) is 19.9 Å². The van der Waals surface area contributed by atoms with Crippen LogP contribution in [0.15, 0.2) is 22.7 Å². The first-order valence-electron chi connectivity index (χ1n) is 6.64. The zero-order valence-electron chi connectivity index (χ0n) is 12.2. The summed E-state index contributed by atoms with van der Waals surface area (Å²) in [5.74, 6) is -0.258. The standard InChI is InChI=1S/C15H19BrFN3/c1-9(2)18-8-12-6-5-7-13(17)15(12)20-11(4)14(16)10(3)19-20/h5-7,9,18H,8H2,1-4H3. The molecule has 1 N–H and O–H groups in total. The number of aryl methyl sites for hydroxylation is 1. The van der Waals surface area contributed by atoms with E-state index >= 15 is 0 Å². The number of aromatic nitrogens is 2. The van der Waals surface area contributed by atoms with Crippen molar-refractivity contribution in [3.63, 3.8) is 0 Å². The molecule has 0 saturated heterocycles. The van der Waals surface area contributed by atoms with Gasteiger partial charge in [0.05, 0.1) is 15.9 Å². The Morgan fingerprint density at radius 1 is 1.35 bits per heavy atom. The molecule has 1 aromatic carbocycles. The van der Waals surface area contributed by atoms with Crippen molar-refractivity contribution in [1.29, 1.82) is 0 Å². The van der Waals surface area contributed by atoms with Gasteiger partial charge in [0.2, 0.25) is 0 Å². The summed E-state index contributed by atoms with van der Waals surface area (Å²) < 4.78 is 16.9. The molecule has 0 radical (unpaired) electrons. The first-order chi connectivity index (χ1) is 9.41. The highest BCUT2D eigenvalue weighted by molar-refractivity contribution is 9.10. The zero-order chi connectivity index (χ0) is 14.9. The van der Waals surface area contributed by atoms with E-state index in [4.69, 9.17) is 0 Å². The fourth-order valence-corrected chi connectivity index (χ4v) is 2.34. The van der Waals surface area contributed by atoms with Crippen LogP contribution in [0.5, 0.6) is 0 Å². The summed E-state index contributed by atoms with van der Waals surface area (Å²) in [4.78, 5) is 0. The van der Waals surface area contributed by atoms with Gasteiger partial charge in [-0.3, -0.25) is 0 Å². The Labute approximate surface area is 127 Å². The molecule has 0 unspecified atom stereocenters. The van der Waals surface area contributed by atoms with Gasteiger partial charge in [-0.2, -0.15) is 5.10 Å². The molecule has 0 saturated carbocycles. The monoisotopic (exact) mass is 339 g/mol. The van der Waals surface area contributed by atoms with E-state index in [-0.39, 0.29) is 5.82 Å². The first-order valence-corrected chi connectivity index (χ1v) is 7.44. The van der Waals surface area contributed by atoms with Crippen LogP contribution >= 0.6 is 15.9 Å². The smallest absolute Gasteiger partial charge is 0.149 e. The molecule has 0 atom stereocenters. The van der Waals surface area contributed by atoms with Crippen molar-refractivity contribution < 1.29 is 4.39 Å². The lowest BCUT2D eigenvalue weighted by Gasteiger charge is -2.14. The highest BCUT2D eigenvalue weighted by atomic mass is 79.9. The van der Waals surface area contributed by atoms with E-state index in [2.05, 4.69) is 40.2 Å². The highest BCUT2D eigenvalue weighted by Gasteiger charge is 2.17. The van der Waals surface area contributed by atoms with E-state index in [0.29, 0.717) is 18.3 Å². The van der Waals surface area contributed by atoms with Crippen molar-refractivity contribution in [3.8, 4) is 5.69 Å². The molecular weight excluding hydrogens is 321 g/mol. The largest absolute Gasteiger partial charge is 0.310 e. The Morgan fingerprint density at radius 3 is 2.60 bits per heavy atom. The van der Waals surface area contributed by atoms with Gasteiger partial charge in [0.1, 0.15) is 11.5 Å². The molecule has 2 rings (SSSR count). The van der Waals surface area contributed by atoms with Crippen molar-refractivity contribution in [1.82, 2.24) is 15.1 Å². The lowest BCUT2D eigenvalue weighted by Crippen LogP contribution is -2.23. The molecule has 20 heavy (non-hydrogen) atoms. The van der Waals surface area contributed by atoms with Crippen LogP contribution in [0.25, 0.3) is 5.69 Å². The number of nitrogens with one attached hydrogen (secondary N) is 1. The average Bonchev–Trinajstić information content (AvgIpc) is 2.64. The maximum absolute atomic E-state index is 14.3. The number of nitrogens with zero attached hydrogens (tertiary/aromatic N) is 2. The second-order valence-corrected chi connectivity index (χ2v) is 5.97. The summed E-state index contributed by atoms with van der Waals surface area (Å²) in [6.07, 6.45) is 0. The minimum absolute atomic E-state index is 0.258. The lowest BCUT2D eigenvalue weighted by atomic mass is 10.1. The molecule has 0 amide bonds. The number of hydrogen-bond donors (Lipinski definition) is 1. The number of hydrogen-bond acceptors (Lipinski definition) is 2. The molecule has 0 bridgehead atoms. The number of halogens is 2. The van der Waals surface area contributed by atoms with Crippen LogP contribution in [0, 0.1) is 19.7 Å². The molecule has 108 valence electrons. The molecule has 5 heteroatoms. The molecule has 3 nitrogen and oxygen atoms in total. The topological polar surface area (TPSA) is 29.9 Å². The Hall–Kier alpha value is -1.20. The third kappa shape index (κ3) is 2.94. The van der Waals surface area contributed by atoms with Crippen LogP contribution in [0.2, 0.25) is 0 Å². The van der Waals surface area contributed by atoms with Gasteiger partial charge in [-0.1, -0.05) is 26.0 Å². The SMILES string of the molecule is Cc1nn(-c2c(F)cccc2CNC(C)C)c(C)c1Br. The van der Waals surface area contributed by atoms with E-state index in [0.717, 1.165) is 21.4 Å². The van der Waals surface area contributed by atoms with Crippen LogP contribution in [0.1, 0.15) is 30.8 Å². The summed E-state index contributed by atoms with van der Waals surface area (Å²) in [6.45, 7) is 8.58. The fourth-order valence-electron chi connectivity index (χ4n) is 2.10. The molecule has 0 aliphatic rings. The Bertz CT molecular complexity index is 620. The maximum atomic E-state index is 14.3. The maximum Gasteiger partial charge on any atom is 0.149 e. The summed E-state index contributed by atoms with van der Waals surface area (Å²) in [5.41, 5.74) is 3.18. The number of rotatable bonds is 4. The molecule has 0 aliphatic heterocycles. The van der Waals surface area contributed by atoms with Gasteiger partial charge in [0, 0.05) is 12.6 Å². The van der Waals surface area contributed by atoms with E-state index in [1.54, 1.807) is 10.7 Å². The lowest BCUT2D eigenvalue weighted by molar-refractivity contribution is 0.571. The average molecular weight is 340 g/mol. The predicted molar refractivity (Wildman–Crippen MR) is 82.7 cm³/mol. The zero-order valence-corrected chi connectivity index (χ0v) is 13.8. The van der Waals surface area contributed by atoms with Crippen molar-refractivity contribution in [2.24, 2.45) is 0 Å². The highest BCUT2D eigenvalue weighted by Crippen LogP contribution is 2.26. The van der Waals surface area contributed by atoms with Crippen LogP contribution in [0.4, 0.5) is 4.39 Å². The number of para-hydroxylation sites is 1. The van der Waals surface area contributed by atoms with Gasteiger partial charge >= 0.3 is 0 Å². The summed E-state index contributed by atoms with van der Waals surface area (Å²) in [7, 11) is 0. The Balaban J connectivity index is 2.51. The van der Waals surface area contributed by atoms with Gasteiger partial charge in [0.25, 0.3) is 0 Å². The predicted octanol–water partition coefficient (Wildman–Crippen LogP) is 3.89. The molecule has 2 aromatic rings. The van der Waals surface area contributed by atoms with Gasteiger partial charge in [-0.05, 0) is 41.4 Å². The van der Waals surface area contributed by atoms with Crippen molar-refractivity contribution in [3.05, 3.63) is 45.4 Å². The molecular formula is C15H19BrFN3. The summed E-state index contributed by atoms with van der Waals surface area (Å²) in [6, 6.07) is 5.48. The normalized spacial score (nSPS) is 11.3. The minimum atomic E-state index is -0.258. The van der Waals surface area contributed by atoms with E-state index < -0.39 is 0 Å². The van der Waals surface area contributed by atoms with Crippen LogP contribution < -0.4 is 5.32 Å². The third-order valence-electron chi connectivity index (χ3n) is 3.19. The van der Waals surface area contributed by atoms with Crippen molar-refractivity contribution in [2.75, 3.05) is 0 Å². The third-order valence-corrected chi connectivity index (χ3v) is 4.33. The number of benzene rings is 1. The second-order valence-electron chi connectivity index (χ2n) is 5.18. The molecule has 1 heterocycles. The van der Waals surface area contributed by atoms with Crippen LogP contribution in [-0.2, 0) is 6.54 Å². The Kier molecular flexibility index (Phi) is 4.60. The van der Waals surface area contributed by atoms with Gasteiger partial charge < -0.3 is 5.32 Å². The molecule has 1 aromatic heterocycles. The van der Waals surface area contributed by atoms with Crippen LogP contribution in [-0.4, -0.2) is 15.8 Å². The van der Waals surface area contributed by atoms with Gasteiger partial charge in [-0.25, -0.2) is 9.07 Å². The van der Waals surface area contributed by atoms with Gasteiger partial charge in [-0.15, -0.1) is 0 Å². The summed E-state index contributed by atoms with van der Waals surface area (Å²) in [5, 5.41) is 7.75. The fraction of sp³-hybridized carbons (Fsp3) is 0.400. The van der Waals surface area contributed by atoms with E-state index in [1.165, 1.54) is 6.07 Å². The molecule has 0 spiro atoms. The second kappa shape index (κ2) is 6.06. The molecule has 0 fully saturated rings. The minimum Gasteiger partial charge on any atom is -0.310 e. The van der Waals surface area contributed by atoms with Crippen molar-refractivity contribution in [2.45, 2.75) is 40.3 Å². The summed E-state index contributed by atoms with van der Waals surface area (Å²) >= 11 is 3.49. The van der Waals surface area contributed by atoms with Crippen molar-refractivity contribution >= 4 is 15.9 Å². The van der Waals surface area contributed by atoms with Gasteiger partial charge in [0.15, 0.2) is 0 Å². The quantitative estimate of drug-likeness (QED) is 0.915. The Morgan fingerprint density at radius 2 is 2.05 bits per heavy atom. The van der Waals surface area contributed by atoms with E-state index in [9.17, 15) is 4.39 Å². The van der Waals surface area contributed by atoms with Crippen LogP contribution in [0.3, 0.4) is 0 Å². The first kappa shape index (κ1) is 15.2.